The zero-order valence-corrected chi connectivity index (χ0v) is 8.73. The summed E-state index contributed by atoms with van der Waals surface area (Å²) in [6, 6.07) is 5.05. The third-order valence-electron chi connectivity index (χ3n) is 1.60. The van der Waals surface area contributed by atoms with E-state index in [1.165, 1.54) is 19.1 Å². The maximum Gasteiger partial charge on any atom is 0.303 e. The van der Waals surface area contributed by atoms with Crippen molar-refractivity contribution in [2.45, 2.75) is 11.8 Å². The molecule has 0 atom stereocenters. The Labute approximate surface area is 86.8 Å². The first-order chi connectivity index (χ1) is 6.99. The Hall–Kier alpha value is -1.47. The van der Waals surface area contributed by atoms with Crippen molar-refractivity contribution in [2.24, 2.45) is 0 Å². The largest absolute Gasteiger partial charge is 0.303 e. The van der Waals surface area contributed by atoms with E-state index in [-0.39, 0.29) is 6.61 Å². The summed E-state index contributed by atoms with van der Waals surface area (Å²) in [4.78, 5) is 9.38. The van der Waals surface area contributed by atoms with Crippen molar-refractivity contribution in [2.75, 3.05) is 6.61 Å². The fourth-order valence-corrected chi connectivity index (χ4v) is 2.12. The van der Waals surface area contributed by atoms with E-state index >= 15 is 0 Å². The van der Waals surface area contributed by atoms with Gasteiger partial charge < -0.3 is 0 Å². The van der Waals surface area contributed by atoms with E-state index in [4.69, 9.17) is 0 Å². The molecular formula is C8H9NO5S. The minimum Gasteiger partial charge on any atom is -0.266 e. The predicted octanol–water partition coefficient (Wildman–Crippen LogP) is 1.32. The summed E-state index contributed by atoms with van der Waals surface area (Å²) in [5, 5.41) is 10.6. The van der Waals surface area contributed by atoms with E-state index in [9.17, 15) is 18.5 Å². The smallest absolute Gasteiger partial charge is 0.266 e. The second-order valence-electron chi connectivity index (χ2n) is 2.59. The van der Waals surface area contributed by atoms with Crippen molar-refractivity contribution in [3.8, 4) is 0 Å². The first-order valence-corrected chi connectivity index (χ1v) is 5.52. The summed E-state index contributed by atoms with van der Waals surface area (Å²) in [6.45, 7) is 1.43. The lowest BCUT2D eigenvalue weighted by Crippen LogP contribution is -2.08. The first-order valence-electron chi connectivity index (χ1n) is 4.12. The van der Waals surface area contributed by atoms with Crippen molar-refractivity contribution in [3.63, 3.8) is 0 Å². The van der Waals surface area contributed by atoms with E-state index in [1.54, 1.807) is 0 Å². The summed E-state index contributed by atoms with van der Waals surface area (Å²) in [5.74, 6) is 0. The Kier molecular flexibility index (Phi) is 3.38. The normalized spacial score (nSPS) is 11.3. The maximum atomic E-state index is 11.4. The summed E-state index contributed by atoms with van der Waals surface area (Å²) in [6.07, 6.45) is 0. The summed E-state index contributed by atoms with van der Waals surface area (Å²) in [5.41, 5.74) is -0.481. The lowest BCUT2D eigenvalue weighted by atomic mass is 10.3. The monoisotopic (exact) mass is 231 g/mol. The summed E-state index contributed by atoms with van der Waals surface area (Å²) in [7, 11) is -4.03. The molecule has 0 bridgehead atoms. The number of nitro groups is 1. The molecule has 7 heteroatoms. The van der Waals surface area contributed by atoms with Crippen molar-refractivity contribution in [1.82, 2.24) is 0 Å². The number of nitrogens with zero attached hydrogens (tertiary/aromatic N) is 1. The maximum absolute atomic E-state index is 11.4. The number of benzene rings is 1. The SMILES string of the molecule is CCOS(=O)(=O)c1ccccc1[N+](=O)[O-]. The third kappa shape index (κ3) is 2.51. The Balaban J connectivity index is 3.31. The zero-order valence-electron chi connectivity index (χ0n) is 7.91. The first kappa shape index (κ1) is 11.6. The lowest BCUT2D eigenvalue weighted by molar-refractivity contribution is -0.387. The van der Waals surface area contributed by atoms with Crippen LogP contribution in [0.25, 0.3) is 0 Å². The van der Waals surface area contributed by atoms with Gasteiger partial charge in [-0.3, -0.25) is 14.3 Å². The third-order valence-corrected chi connectivity index (χ3v) is 3.03. The van der Waals surface area contributed by atoms with E-state index in [0.717, 1.165) is 12.1 Å². The van der Waals surface area contributed by atoms with Crippen molar-refractivity contribution >= 4 is 15.8 Å². The van der Waals surface area contributed by atoms with Gasteiger partial charge in [0.05, 0.1) is 11.5 Å². The molecule has 0 heterocycles. The van der Waals surface area contributed by atoms with Crippen molar-refractivity contribution < 1.29 is 17.5 Å². The number of rotatable bonds is 4. The van der Waals surface area contributed by atoms with Gasteiger partial charge in [0, 0.05) is 6.07 Å². The average molecular weight is 231 g/mol. The van der Waals surface area contributed by atoms with Crippen LogP contribution in [-0.4, -0.2) is 19.9 Å². The fraction of sp³-hybridized carbons (Fsp3) is 0.250. The van der Waals surface area contributed by atoms with Gasteiger partial charge in [0.2, 0.25) is 0 Å². The highest BCUT2D eigenvalue weighted by atomic mass is 32.2. The van der Waals surface area contributed by atoms with E-state index < -0.39 is 25.6 Å². The number of nitro benzene ring substituents is 1. The van der Waals surface area contributed by atoms with Crippen LogP contribution in [0.15, 0.2) is 29.2 Å². The molecule has 1 aromatic rings. The van der Waals surface area contributed by atoms with E-state index in [2.05, 4.69) is 4.18 Å². The highest BCUT2D eigenvalue weighted by molar-refractivity contribution is 7.87. The molecule has 0 saturated carbocycles. The van der Waals surface area contributed by atoms with Crippen LogP contribution in [0.2, 0.25) is 0 Å². The molecule has 0 aliphatic heterocycles. The highest BCUT2D eigenvalue weighted by Crippen LogP contribution is 2.24. The van der Waals surface area contributed by atoms with Crippen LogP contribution in [0.3, 0.4) is 0 Å². The molecule has 0 fully saturated rings. The zero-order chi connectivity index (χ0) is 11.5. The molecule has 0 spiro atoms. The summed E-state index contributed by atoms with van der Waals surface area (Å²) < 4.78 is 27.3. The minimum atomic E-state index is -4.03. The van der Waals surface area contributed by atoms with E-state index in [1.807, 2.05) is 0 Å². The van der Waals surface area contributed by atoms with Gasteiger partial charge in [0.25, 0.3) is 5.69 Å². The molecule has 0 radical (unpaired) electrons. The topological polar surface area (TPSA) is 86.5 Å². The molecule has 1 rings (SSSR count). The van der Waals surface area contributed by atoms with Crippen LogP contribution in [0.5, 0.6) is 0 Å². The number of para-hydroxylation sites is 1. The Morgan fingerprint density at radius 2 is 2.00 bits per heavy atom. The Morgan fingerprint density at radius 3 is 2.53 bits per heavy atom. The van der Waals surface area contributed by atoms with Crippen LogP contribution in [0.1, 0.15) is 6.92 Å². The average Bonchev–Trinajstić information content (AvgIpc) is 2.17. The molecule has 82 valence electrons. The molecule has 0 aliphatic carbocycles. The van der Waals surface area contributed by atoms with Gasteiger partial charge in [-0.1, -0.05) is 12.1 Å². The van der Waals surface area contributed by atoms with Crippen molar-refractivity contribution in [3.05, 3.63) is 34.4 Å². The molecule has 0 saturated heterocycles. The van der Waals surface area contributed by atoms with Gasteiger partial charge in [-0.2, -0.15) is 8.42 Å². The molecule has 0 unspecified atom stereocenters. The number of hydrogen-bond donors (Lipinski definition) is 0. The highest BCUT2D eigenvalue weighted by Gasteiger charge is 2.25. The van der Waals surface area contributed by atoms with Crippen LogP contribution in [0.4, 0.5) is 5.69 Å². The summed E-state index contributed by atoms with van der Waals surface area (Å²) >= 11 is 0. The van der Waals surface area contributed by atoms with Crippen LogP contribution in [-0.2, 0) is 14.3 Å². The second kappa shape index (κ2) is 4.37. The Bertz CT molecular complexity index is 468. The van der Waals surface area contributed by atoms with Gasteiger partial charge >= 0.3 is 10.1 Å². The molecule has 0 aromatic heterocycles. The molecular weight excluding hydrogens is 222 g/mol. The van der Waals surface area contributed by atoms with Gasteiger partial charge in [-0.25, -0.2) is 0 Å². The fourth-order valence-electron chi connectivity index (χ4n) is 1.04. The van der Waals surface area contributed by atoms with Crippen LogP contribution in [0, 0.1) is 10.1 Å². The van der Waals surface area contributed by atoms with Gasteiger partial charge in [0.15, 0.2) is 4.90 Å². The molecule has 6 nitrogen and oxygen atoms in total. The standard InChI is InChI=1S/C8H9NO5S/c1-2-14-15(12,13)8-6-4-3-5-7(8)9(10)11/h3-6H,2H2,1H3. The van der Waals surface area contributed by atoms with Gasteiger partial charge in [-0.05, 0) is 13.0 Å². The van der Waals surface area contributed by atoms with Crippen molar-refractivity contribution in [1.29, 1.82) is 0 Å². The van der Waals surface area contributed by atoms with Crippen LogP contribution >= 0.6 is 0 Å². The molecule has 0 amide bonds. The van der Waals surface area contributed by atoms with Gasteiger partial charge in [0.1, 0.15) is 0 Å². The number of hydrogen-bond acceptors (Lipinski definition) is 5. The minimum absolute atomic E-state index is 0.0611. The molecule has 15 heavy (non-hydrogen) atoms. The lowest BCUT2D eigenvalue weighted by Gasteiger charge is -2.03. The Morgan fingerprint density at radius 1 is 1.40 bits per heavy atom. The molecule has 0 N–H and O–H groups in total. The quantitative estimate of drug-likeness (QED) is 0.443. The second-order valence-corrected chi connectivity index (χ2v) is 4.17. The molecule has 0 aliphatic rings. The predicted molar refractivity (Wildman–Crippen MR) is 51.9 cm³/mol. The van der Waals surface area contributed by atoms with Crippen LogP contribution < -0.4 is 0 Å². The van der Waals surface area contributed by atoms with E-state index in [0.29, 0.717) is 0 Å². The molecule has 1 aromatic carbocycles. The van der Waals surface area contributed by atoms with Gasteiger partial charge in [-0.15, -0.1) is 0 Å².